The molecule has 42 heavy (non-hydrogen) atoms. The van der Waals surface area contributed by atoms with Gasteiger partial charge in [-0.2, -0.15) is 0 Å². The fraction of sp³-hybridized carbons (Fsp3) is 0.333. The van der Waals surface area contributed by atoms with E-state index >= 15 is 0 Å². The number of benzene rings is 3. The summed E-state index contributed by atoms with van der Waals surface area (Å²) in [6.45, 7) is 7.21. The van der Waals surface area contributed by atoms with Crippen LogP contribution >= 0.6 is 23.2 Å². The smallest absolute Gasteiger partial charge is 0.264 e. The van der Waals surface area contributed by atoms with Gasteiger partial charge in [-0.1, -0.05) is 43.1 Å². The molecule has 0 fully saturated rings. The summed E-state index contributed by atoms with van der Waals surface area (Å²) in [5, 5.41) is 3.40. The third kappa shape index (κ3) is 8.36. The average Bonchev–Trinajstić information content (AvgIpc) is 2.95. The van der Waals surface area contributed by atoms with Crippen LogP contribution in [0.15, 0.2) is 71.6 Å². The van der Waals surface area contributed by atoms with Crippen molar-refractivity contribution in [1.82, 2.24) is 10.2 Å². The number of rotatable bonds is 13. The van der Waals surface area contributed by atoms with Crippen LogP contribution in [0.3, 0.4) is 0 Å². The number of ether oxygens (including phenoxy) is 1. The molecule has 1 atom stereocenters. The quantitative estimate of drug-likeness (QED) is 0.251. The first-order valence-electron chi connectivity index (χ1n) is 13.4. The van der Waals surface area contributed by atoms with Crippen molar-refractivity contribution in [3.63, 3.8) is 0 Å². The molecule has 226 valence electrons. The first-order valence-corrected chi connectivity index (χ1v) is 15.6. The summed E-state index contributed by atoms with van der Waals surface area (Å²) in [6.07, 6.45) is 0. The highest BCUT2D eigenvalue weighted by molar-refractivity contribution is 7.92. The van der Waals surface area contributed by atoms with Crippen molar-refractivity contribution in [2.24, 2.45) is 5.92 Å². The molecule has 0 aliphatic heterocycles. The Labute approximate surface area is 256 Å². The van der Waals surface area contributed by atoms with E-state index in [-0.39, 0.29) is 33.1 Å². The summed E-state index contributed by atoms with van der Waals surface area (Å²) in [4.78, 5) is 28.1. The molecule has 12 heteroatoms. The van der Waals surface area contributed by atoms with Crippen molar-refractivity contribution in [2.45, 2.75) is 45.2 Å². The topological polar surface area (TPSA) is 96.0 Å². The molecule has 0 saturated carbocycles. The number of amides is 2. The molecule has 0 spiro atoms. The van der Waals surface area contributed by atoms with Crippen LogP contribution in [0.2, 0.25) is 10.0 Å². The van der Waals surface area contributed by atoms with Crippen molar-refractivity contribution < 1.29 is 27.1 Å². The van der Waals surface area contributed by atoms with E-state index in [2.05, 4.69) is 5.32 Å². The van der Waals surface area contributed by atoms with Gasteiger partial charge in [0.2, 0.25) is 11.8 Å². The van der Waals surface area contributed by atoms with Gasteiger partial charge < -0.3 is 15.0 Å². The second kappa shape index (κ2) is 14.7. The molecule has 2 amide bonds. The number of hydrogen-bond acceptors (Lipinski definition) is 5. The fourth-order valence-corrected chi connectivity index (χ4v) is 5.96. The molecule has 0 aromatic heterocycles. The van der Waals surface area contributed by atoms with Crippen LogP contribution in [-0.4, -0.2) is 50.9 Å². The number of anilines is 1. The van der Waals surface area contributed by atoms with Gasteiger partial charge in [0.25, 0.3) is 10.0 Å². The molecule has 1 unspecified atom stereocenters. The fourth-order valence-electron chi connectivity index (χ4n) is 4.03. The first kappa shape index (κ1) is 33.2. The Kier molecular flexibility index (Phi) is 11.6. The molecule has 0 aliphatic carbocycles. The van der Waals surface area contributed by atoms with E-state index in [0.717, 1.165) is 28.6 Å². The summed E-state index contributed by atoms with van der Waals surface area (Å²) < 4.78 is 47.7. The van der Waals surface area contributed by atoms with Crippen molar-refractivity contribution in [3.8, 4) is 5.75 Å². The van der Waals surface area contributed by atoms with Crippen LogP contribution in [0, 0.1) is 11.7 Å². The number of carbonyl (C=O) groups excluding carboxylic acids is 2. The minimum atomic E-state index is -4.36. The number of nitrogens with zero attached hydrogens (tertiary/aromatic N) is 2. The van der Waals surface area contributed by atoms with E-state index in [4.69, 9.17) is 27.9 Å². The average molecular weight is 639 g/mol. The highest BCUT2D eigenvalue weighted by atomic mass is 35.5. The van der Waals surface area contributed by atoms with Crippen molar-refractivity contribution in [2.75, 3.05) is 24.0 Å². The molecular formula is C30H34Cl2FN3O5S. The van der Waals surface area contributed by atoms with Crippen molar-refractivity contribution in [1.29, 1.82) is 0 Å². The van der Waals surface area contributed by atoms with E-state index in [1.54, 1.807) is 37.3 Å². The number of sulfonamides is 1. The van der Waals surface area contributed by atoms with E-state index in [0.29, 0.717) is 24.5 Å². The lowest BCUT2D eigenvalue weighted by Crippen LogP contribution is -2.51. The SMILES string of the molecule is CCOc1ccc(N(CC(=O)N(Cc2c(Cl)cccc2Cl)C(C)C(=O)NCC(C)C)S(=O)(=O)c2ccc(F)cc2)cc1. The number of halogens is 3. The minimum absolute atomic E-state index is 0.151. The Balaban J connectivity index is 2.05. The lowest BCUT2D eigenvalue weighted by atomic mass is 10.1. The van der Waals surface area contributed by atoms with Crippen LogP contribution in [0.5, 0.6) is 5.75 Å². The summed E-state index contributed by atoms with van der Waals surface area (Å²) in [6, 6.07) is 14.4. The molecule has 0 radical (unpaired) electrons. The summed E-state index contributed by atoms with van der Waals surface area (Å²) in [5.74, 6) is -1.04. The zero-order valence-electron chi connectivity index (χ0n) is 23.8. The van der Waals surface area contributed by atoms with Crippen molar-refractivity contribution in [3.05, 3.63) is 88.2 Å². The Hall–Kier alpha value is -3.34. The maximum Gasteiger partial charge on any atom is 0.264 e. The van der Waals surface area contributed by atoms with Crippen LogP contribution in [-0.2, 0) is 26.2 Å². The number of nitrogens with one attached hydrogen (secondary N) is 1. The van der Waals surface area contributed by atoms with Crippen molar-refractivity contribution >= 4 is 50.7 Å². The largest absolute Gasteiger partial charge is 0.494 e. The highest BCUT2D eigenvalue weighted by Crippen LogP contribution is 2.29. The Morgan fingerprint density at radius 3 is 2.10 bits per heavy atom. The van der Waals surface area contributed by atoms with Gasteiger partial charge in [-0.05, 0) is 80.4 Å². The summed E-state index contributed by atoms with van der Waals surface area (Å²) in [5.41, 5.74) is 0.579. The summed E-state index contributed by atoms with van der Waals surface area (Å²) >= 11 is 12.8. The van der Waals surface area contributed by atoms with E-state index in [9.17, 15) is 22.4 Å². The van der Waals surface area contributed by atoms with Gasteiger partial charge in [0.1, 0.15) is 24.2 Å². The third-order valence-electron chi connectivity index (χ3n) is 6.36. The minimum Gasteiger partial charge on any atom is -0.494 e. The predicted octanol–water partition coefficient (Wildman–Crippen LogP) is 5.92. The predicted molar refractivity (Wildman–Crippen MR) is 163 cm³/mol. The van der Waals surface area contributed by atoms with E-state index in [1.165, 1.54) is 17.0 Å². The van der Waals surface area contributed by atoms with Crippen LogP contribution in [0.25, 0.3) is 0 Å². The molecule has 3 aromatic carbocycles. The van der Waals surface area contributed by atoms with Gasteiger partial charge in [-0.3, -0.25) is 13.9 Å². The molecule has 0 aliphatic rings. The Bertz CT molecular complexity index is 1470. The molecule has 0 bridgehead atoms. The Morgan fingerprint density at radius 2 is 1.55 bits per heavy atom. The molecule has 1 N–H and O–H groups in total. The van der Waals surface area contributed by atoms with Gasteiger partial charge >= 0.3 is 0 Å². The molecule has 3 aromatic rings. The zero-order valence-corrected chi connectivity index (χ0v) is 26.1. The van der Waals surface area contributed by atoms with Crippen LogP contribution in [0.4, 0.5) is 10.1 Å². The second-order valence-corrected chi connectivity index (χ2v) is 12.6. The molecule has 3 rings (SSSR count). The molecule has 8 nitrogen and oxygen atoms in total. The standard InChI is InChI=1S/C30H34Cl2FN3O5S/c1-5-41-24-13-11-23(12-14-24)36(42(39,40)25-15-9-22(33)10-16-25)19-29(37)35(21(4)30(38)34-17-20(2)3)18-26-27(31)7-6-8-28(26)32/h6-16,20-21H,5,17-19H2,1-4H3,(H,34,38). The zero-order chi connectivity index (χ0) is 31.0. The number of hydrogen-bond donors (Lipinski definition) is 1. The van der Waals surface area contributed by atoms with E-state index in [1.807, 2.05) is 20.8 Å². The molecule has 0 heterocycles. The van der Waals surface area contributed by atoms with E-state index < -0.39 is 40.2 Å². The normalized spacial score (nSPS) is 12.1. The Morgan fingerprint density at radius 1 is 0.952 bits per heavy atom. The van der Waals surface area contributed by atoms with Crippen LogP contribution in [0.1, 0.15) is 33.3 Å². The maximum absolute atomic E-state index is 14.0. The molecule has 0 saturated heterocycles. The summed E-state index contributed by atoms with van der Waals surface area (Å²) in [7, 11) is -4.36. The lowest BCUT2D eigenvalue weighted by molar-refractivity contribution is -0.139. The maximum atomic E-state index is 14.0. The van der Waals surface area contributed by atoms with Gasteiger partial charge in [-0.25, -0.2) is 12.8 Å². The first-order chi connectivity index (χ1) is 19.8. The van der Waals surface area contributed by atoms with Crippen LogP contribution < -0.4 is 14.4 Å². The lowest BCUT2D eigenvalue weighted by Gasteiger charge is -2.32. The third-order valence-corrected chi connectivity index (χ3v) is 8.85. The number of carbonyl (C=O) groups is 2. The van der Waals surface area contributed by atoms with Gasteiger partial charge in [0.15, 0.2) is 0 Å². The van der Waals surface area contributed by atoms with Gasteiger partial charge in [-0.15, -0.1) is 0 Å². The second-order valence-electron chi connectivity index (χ2n) is 9.93. The molecular weight excluding hydrogens is 604 g/mol. The highest BCUT2D eigenvalue weighted by Gasteiger charge is 2.33. The van der Waals surface area contributed by atoms with Gasteiger partial charge in [0, 0.05) is 28.7 Å². The van der Waals surface area contributed by atoms with Gasteiger partial charge in [0.05, 0.1) is 17.2 Å². The monoisotopic (exact) mass is 637 g/mol.